The summed E-state index contributed by atoms with van der Waals surface area (Å²) in [5.41, 5.74) is 3.13. The quantitative estimate of drug-likeness (QED) is 0.631. The van der Waals surface area contributed by atoms with Crippen molar-refractivity contribution in [3.63, 3.8) is 0 Å². The van der Waals surface area contributed by atoms with Crippen LogP contribution in [0.4, 0.5) is 0 Å². The van der Waals surface area contributed by atoms with Crippen LogP contribution < -0.4 is 23.7 Å². The number of ketones is 1. The lowest BCUT2D eigenvalue weighted by molar-refractivity contribution is -0.922. The van der Waals surface area contributed by atoms with Gasteiger partial charge in [-0.05, 0) is 29.3 Å². The van der Waals surface area contributed by atoms with Gasteiger partial charge < -0.3 is 28.2 Å². The molecule has 0 spiro atoms. The largest absolute Gasteiger partial charge is 0.493 e. The van der Waals surface area contributed by atoms with Gasteiger partial charge in [0.1, 0.15) is 11.8 Å². The summed E-state index contributed by atoms with van der Waals surface area (Å²) in [4.78, 5) is 13.2. The number of fused-ring (bicyclic) bond motifs is 2. The number of ether oxygens (including phenoxy) is 5. The van der Waals surface area contributed by atoms with Crippen LogP contribution in [-0.2, 0) is 17.6 Å². The Balaban J connectivity index is 1.63. The molecule has 31 heavy (non-hydrogen) atoms. The molecule has 0 saturated carbocycles. The molecule has 1 unspecified atom stereocenters. The Morgan fingerprint density at radius 1 is 1.06 bits per heavy atom. The molecule has 4 rings (SSSR count). The maximum Gasteiger partial charge on any atom is 0.231 e. The summed E-state index contributed by atoms with van der Waals surface area (Å²) in [7, 11) is 9.18. The molecule has 166 valence electrons. The third-order valence-corrected chi connectivity index (χ3v) is 6.35. The topological polar surface area (TPSA) is 63.2 Å². The van der Waals surface area contributed by atoms with E-state index in [2.05, 4.69) is 14.1 Å². The fourth-order valence-electron chi connectivity index (χ4n) is 4.62. The first-order valence-corrected chi connectivity index (χ1v) is 10.4. The highest BCUT2D eigenvalue weighted by atomic mass is 16.7. The van der Waals surface area contributed by atoms with Gasteiger partial charge in [-0.2, -0.15) is 0 Å². The number of nitrogens with zero attached hydrogens (tertiary/aromatic N) is 1. The molecule has 0 bridgehead atoms. The molecule has 0 N–H and O–H groups in total. The molecule has 2 aliphatic rings. The zero-order chi connectivity index (χ0) is 22.2. The van der Waals surface area contributed by atoms with Gasteiger partial charge in [0.2, 0.25) is 12.5 Å². The molecule has 0 amide bonds. The van der Waals surface area contributed by atoms with Crippen molar-refractivity contribution in [1.82, 2.24) is 0 Å². The van der Waals surface area contributed by atoms with Crippen LogP contribution in [0.2, 0.25) is 0 Å². The summed E-state index contributed by atoms with van der Waals surface area (Å²) >= 11 is 0. The first kappa shape index (κ1) is 21.3. The molecule has 7 heteroatoms. The van der Waals surface area contributed by atoms with E-state index in [1.165, 1.54) is 5.56 Å². The average molecular weight is 429 g/mol. The van der Waals surface area contributed by atoms with E-state index in [1.807, 2.05) is 24.3 Å². The summed E-state index contributed by atoms with van der Waals surface area (Å²) in [6.07, 6.45) is 1.64. The first-order valence-electron chi connectivity index (χ1n) is 10.4. The number of likely N-dealkylation sites (N-methyl/N-ethyl adjacent to an activating group) is 1. The number of benzene rings is 2. The van der Waals surface area contributed by atoms with E-state index in [9.17, 15) is 4.79 Å². The van der Waals surface area contributed by atoms with Crippen LogP contribution in [0.1, 0.15) is 29.2 Å². The van der Waals surface area contributed by atoms with Crippen LogP contribution in [0.3, 0.4) is 0 Å². The number of Topliss-reactive ketones (excluding diaryl/α,β-unsaturated/α-hetero) is 1. The zero-order valence-electron chi connectivity index (χ0n) is 18.8. The first-order chi connectivity index (χ1) is 14.9. The predicted octanol–water partition coefficient (Wildman–Crippen LogP) is 3.32. The highest BCUT2D eigenvalue weighted by molar-refractivity contribution is 5.82. The highest BCUT2D eigenvalue weighted by Gasteiger charge is 2.42. The Labute approximate surface area is 183 Å². The van der Waals surface area contributed by atoms with Gasteiger partial charge in [-0.15, -0.1) is 0 Å². The maximum atomic E-state index is 13.2. The molecular formula is C24H30NO6+. The second-order valence-electron chi connectivity index (χ2n) is 8.59. The van der Waals surface area contributed by atoms with Gasteiger partial charge in [0.05, 0.1) is 54.0 Å². The predicted molar refractivity (Wildman–Crippen MR) is 115 cm³/mol. The summed E-state index contributed by atoms with van der Waals surface area (Å²) in [5.74, 6) is 3.49. The van der Waals surface area contributed by atoms with Gasteiger partial charge >= 0.3 is 0 Å². The van der Waals surface area contributed by atoms with Crippen molar-refractivity contribution in [2.75, 3.05) is 48.8 Å². The fraction of sp³-hybridized carbons (Fsp3) is 0.458. The highest BCUT2D eigenvalue weighted by Crippen LogP contribution is 2.51. The van der Waals surface area contributed by atoms with Crippen LogP contribution >= 0.6 is 0 Å². The average Bonchev–Trinajstić information content (AvgIpc) is 3.22. The van der Waals surface area contributed by atoms with E-state index in [0.29, 0.717) is 40.3 Å². The van der Waals surface area contributed by atoms with Crippen molar-refractivity contribution in [1.29, 1.82) is 0 Å². The molecule has 0 aromatic heterocycles. The molecule has 0 saturated heterocycles. The van der Waals surface area contributed by atoms with Gasteiger partial charge in [0.15, 0.2) is 23.0 Å². The van der Waals surface area contributed by atoms with Gasteiger partial charge in [0, 0.05) is 12.8 Å². The zero-order valence-corrected chi connectivity index (χ0v) is 18.8. The molecule has 7 nitrogen and oxygen atoms in total. The SMILES string of the molecule is COc1ccc(CC(=O)CC2c3c(cc4c(c3OC)OCO4)CC[N+]2(C)C)cc1OC. The molecule has 2 aliphatic heterocycles. The van der Waals surface area contributed by atoms with E-state index >= 15 is 0 Å². The number of hydrogen-bond acceptors (Lipinski definition) is 6. The van der Waals surface area contributed by atoms with Crippen molar-refractivity contribution in [2.24, 2.45) is 0 Å². The van der Waals surface area contributed by atoms with Gasteiger partial charge in [-0.1, -0.05) is 6.07 Å². The lowest BCUT2D eigenvalue weighted by atomic mass is 9.86. The molecule has 2 heterocycles. The number of quaternary nitrogens is 1. The normalized spacial score (nSPS) is 18.3. The third-order valence-electron chi connectivity index (χ3n) is 6.35. The summed E-state index contributed by atoms with van der Waals surface area (Å²) < 4.78 is 28.4. The lowest BCUT2D eigenvalue weighted by Crippen LogP contribution is -2.48. The van der Waals surface area contributed by atoms with E-state index in [1.54, 1.807) is 21.3 Å². The number of rotatable bonds is 7. The molecule has 0 radical (unpaired) electrons. The van der Waals surface area contributed by atoms with Gasteiger partial charge in [-0.3, -0.25) is 4.79 Å². The number of carbonyl (C=O) groups excluding carboxylic acids is 1. The fourth-order valence-corrected chi connectivity index (χ4v) is 4.62. The Bertz CT molecular complexity index is 1000. The standard InChI is InChI=1S/C24H30NO6/c1-25(2)9-8-16-12-21-23(31-14-30-21)24(29-5)22(16)18(25)13-17(26)10-15-6-7-19(27-3)20(11-15)28-4/h6-7,11-12,18H,8-10,13-14H2,1-5H3/q+1. The van der Waals surface area contributed by atoms with Crippen LogP contribution in [0.5, 0.6) is 28.7 Å². The minimum Gasteiger partial charge on any atom is -0.493 e. The van der Waals surface area contributed by atoms with E-state index in [4.69, 9.17) is 23.7 Å². The minimum absolute atomic E-state index is 0.0270. The van der Waals surface area contributed by atoms with Crippen molar-refractivity contribution in [3.05, 3.63) is 41.0 Å². The second-order valence-corrected chi connectivity index (χ2v) is 8.59. The maximum absolute atomic E-state index is 13.2. The van der Waals surface area contributed by atoms with Crippen LogP contribution in [-0.4, -0.2) is 59.0 Å². The lowest BCUT2D eigenvalue weighted by Gasteiger charge is -2.43. The number of methoxy groups -OCH3 is 3. The molecule has 0 fully saturated rings. The number of carbonyl (C=O) groups is 1. The molecular weight excluding hydrogens is 398 g/mol. The molecule has 1 atom stereocenters. The van der Waals surface area contributed by atoms with Gasteiger partial charge in [-0.25, -0.2) is 0 Å². The Kier molecular flexibility index (Phi) is 5.71. The summed E-state index contributed by atoms with van der Waals surface area (Å²) in [6, 6.07) is 7.63. The van der Waals surface area contributed by atoms with Crippen molar-refractivity contribution >= 4 is 5.78 Å². The smallest absolute Gasteiger partial charge is 0.231 e. The van der Waals surface area contributed by atoms with Crippen LogP contribution in [0, 0.1) is 0 Å². The van der Waals surface area contributed by atoms with Crippen molar-refractivity contribution in [3.8, 4) is 28.7 Å². The van der Waals surface area contributed by atoms with Crippen LogP contribution in [0.15, 0.2) is 24.3 Å². The Morgan fingerprint density at radius 2 is 1.84 bits per heavy atom. The molecule has 2 aromatic rings. The van der Waals surface area contributed by atoms with E-state index in [-0.39, 0.29) is 18.6 Å². The molecule has 2 aromatic carbocycles. The minimum atomic E-state index is -0.0270. The summed E-state index contributed by atoms with van der Waals surface area (Å²) in [6.45, 7) is 1.12. The molecule has 0 aliphatic carbocycles. The summed E-state index contributed by atoms with van der Waals surface area (Å²) in [5, 5.41) is 0. The monoisotopic (exact) mass is 428 g/mol. The van der Waals surface area contributed by atoms with E-state index < -0.39 is 0 Å². The van der Waals surface area contributed by atoms with Crippen LogP contribution in [0.25, 0.3) is 0 Å². The van der Waals surface area contributed by atoms with Gasteiger partial charge in [0.25, 0.3) is 0 Å². The number of hydrogen-bond donors (Lipinski definition) is 0. The van der Waals surface area contributed by atoms with Crippen molar-refractivity contribution in [2.45, 2.75) is 25.3 Å². The van der Waals surface area contributed by atoms with E-state index in [0.717, 1.165) is 29.8 Å². The Morgan fingerprint density at radius 3 is 2.55 bits per heavy atom. The van der Waals surface area contributed by atoms with Crippen molar-refractivity contribution < 1.29 is 33.0 Å². The Hall–Kier alpha value is -2.93. The second kappa shape index (κ2) is 8.30. The third kappa shape index (κ3) is 3.90.